The molecule has 2 heterocycles. The molecule has 0 saturated carbocycles. The number of likely N-dealkylation sites (tertiary alicyclic amines) is 1. The maximum Gasteiger partial charge on any atom is 0.134 e. The van der Waals surface area contributed by atoms with Gasteiger partial charge in [0.25, 0.3) is 0 Å². The fraction of sp³-hybridized carbons (Fsp3) is 0.818. The third-order valence-corrected chi connectivity index (χ3v) is 4.23. The molecule has 1 aromatic heterocycles. The highest BCUT2D eigenvalue weighted by Gasteiger charge is 2.19. The van der Waals surface area contributed by atoms with E-state index in [4.69, 9.17) is 0 Å². The Balaban J connectivity index is 1.87. The highest BCUT2D eigenvalue weighted by atomic mass is 32.1. The van der Waals surface area contributed by atoms with E-state index in [9.17, 15) is 0 Å². The second kappa shape index (κ2) is 5.59. The van der Waals surface area contributed by atoms with E-state index in [0.717, 1.165) is 23.2 Å². The molecule has 0 atom stereocenters. The number of nitrogens with one attached hydrogen (secondary N) is 1. The van der Waals surface area contributed by atoms with Crippen molar-refractivity contribution in [3.63, 3.8) is 0 Å². The molecule has 0 bridgehead atoms. The van der Waals surface area contributed by atoms with Crippen LogP contribution in [0, 0.1) is 5.92 Å². The summed E-state index contributed by atoms with van der Waals surface area (Å²) in [6.45, 7) is 5.66. The zero-order chi connectivity index (χ0) is 11.4. The van der Waals surface area contributed by atoms with Crippen molar-refractivity contribution >= 4 is 16.5 Å². The zero-order valence-corrected chi connectivity index (χ0v) is 10.9. The molecule has 0 radical (unpaired) electrons. The molecule has 16 heavy (non-hydrogen) atoms. The molecule has 0 spiro atoms. The predicted molar refractivity (Wildman–Crippen MR) is 67.7 cm³/mol. The lowest BCUT2D eigenvalue weighted by atomic mass is 9.94. The van der Waals surface area contributed by atoms with Gasteiger partial charge in [-0.2, -0.15) is 0 Å². The first-order valence-corrected chi connectivity index (χ1v) is 6.82. The van der Waals surface area contributed by atoms with Gasteiger partial charge in [0.1, 0.15) is 10.7 Å². The van der Waals surface area contributed by atoms with Crippen LogP contribution in [-0.2, 0) is 6.54 Å². The lowest BCUT2D eigenvalue weighted by molar-refractivity contribution is 0.173. The van der Waals surface area contributed by atoms with Crippen molar-refractivity contribution in [1.82, 2.24) is 14.5 Å². The Morgan fingerprint density at radius 1 is 1.44 bits per heavy atom. The first-order chi connectivity index (χ1) is 7.83. The molecule has 1 aromatic rings. The Labute approximate surface area is 101 Å². The molecule has 0 aromatic carbocycles. The number of hydrogen-bond acceptors (Lipinski definition) is 5. The normalized spacial score (nSPS) is 18.9. The van der Waals surface area contributed by atoms with Crippen LogP contribution in [0.1, 0.15) is 31.9 Å². The number of nitrogens with zero attached hydrogens (tertiary/aromatic N) is 3. The van der Waals surface area contributed by atoms with Crippen molar-refractivity contribution in [3.05, 3.63) is 5.69 Å². The number of hydrogen-bond donors (Lipinski definition) is 1. The first-order valence-electron chi connectivity index (χ1n) is 6.04. The van der Waals surface area contributed by atoms with E-state index < -0.39 is 0 Å². The molecular formula is C11H20N4S. The third-order valence-electron chi connectivity index (χ3n) is 3.44. The maximum absolute atomic E-state index is 4.18. The summed E-state index contributed by atoms with van der Waals surface area (Å²) in [5.41, 5.74) is 1.10. The molecule has 0 aliphatic carbocycles. The quantitative estimate of drug-likeness (QED) is 0.876. The van der Waals surface area contributed by atoms with Crippen molar-refractivity contribution in [1.29, 1.82) is 0 Å². The van der Waals surface area contributed by atoms with E-state index >= 15 is 0 Å². The summed E-state index contributed by atoms with van der Waals surface area (Å²) in [5, 5.41) is 8.45. The minimum absolute atomic E-state index is 0.938. The van der Waals surface area contributed by atoms with Crippen LogP contribution < -0.4 is 5.32 Å². The highest BCUT2D eigenvalue weighted by molar-refractivity contribution is 7.10. The van der Waals surface area contributed by atoms with Crippen LogP contribution in [0.5, 0.6) is 0 Å². The molecule has 1 aliphatic rings. The van der Waals surface area contributed by atoms with Gasteiger partial charge < -0.3 is 5.32 Å². The van der Waals surface area contributed by atoms with E-state index in [2.05, 4.69) is 26.7 Å². The van der Waals surface area contributed by atoms with Crippen LogP contribution in [0.15, 0.2) is 0 Å². The smallest absolute Gasteiger partial charge is 0.134 e. The van der Waals surface area contributed by atoms with Gasteiger partial charge >= 0.3 is 0 Å². The van der Waals surface area contributed by atoms with Crippen molar-refractivity contribution < 1.29 is 0 Å². The minimum atomic E-state index is 0.938. The average molecular weight is 240 g/mol. The summed E-state index contributed by atoms with van der Waals surface area (Å²) in [6, 6.07) is 0. The Hall–Kier alpha value is -0.680. The second-order valence-electron chi connectivity index (χ2n) is 4.43. The number of aromatic nitrogens is 2. The molecule has 0 unspecified atom stereocenters. The molecule has 1 aliphatic heterocycles. The number of piperidine rings is 1. The van der Waals surface area contributed by atoms with E-state index in [1.165, 1.54) is 43.9 Å². The predicted octanol–water partition coefficient (Wildman–Crippen LogP) is 2.20. The van der Waals surface area contributed by atoms with Gasteiger partial charge in [-0.25, -0.2) is 0 Å². The second-order valence-corrected chi connectivity index (χ2v) is 5.18. The van der Waals surface area contributed by atoms with Gasteiger partial charge in [0, 0.05) is 25.1 Å². The van der Waals surface area contributed by atoms with Gasteiger partial charge in [-0.15, -0.1) is 5.10 Å². The van der Waals surface area contributed by atoms with E-state index in [1.54, 1.807) is 0 Å². The van der Waals surface area contributed by atoms with Crippen LogP contribution in [0.4, 0.5) is 5.00 Å². The average Bonchev–Trinajstić information content (AvgIpc) is 2.77. The standard InChI is InChI=1S/C11H20N4S/c1-3-9-4-6-15(7-5-9)8-10-11(12-2)16-14-13-10/h9,12H,3-8H2,1-2H3. The fourth-order valence-corrected chi connectivity index (χ4v) is 2.79. The molecule has 2 rings (SSSR count). The Bertz CT molecular complexity index is 318. The van der Waals surface area contributed by atoms with Gasteiger partial charge in [0.05, 0.1) is 0 Å². The minimum Gasteiger partial charge on any atom is -0.377 e. The molecule has 5 heteroatoms. The molecule has 1 N–H and O–H groups in total. The monoisotopic (exact) mass is 240 g/mol. The van der Waals surface area contributed by atoms with Crippen LogP contribution in [0.25, 0.3) is 0 Å². The van der Waals surface area contributed by atoms with Crippen LogP contribution in [-0.4, -0.2) is 34.6 Å². The Kier molecular flexibility index (Phi) is 4.12. The summed E-state index contributed by atoms with van der Waals surface area (Å²) >= 11 is 1.44. The van der Waals surface area contributed by atoms with Crippen molar-refractivity contribution in [3.8, 4) is 0 Å². The maximum atomic E-state index is 4.18. The SMILES string of the molecule is CCC1CCN(Cc2nnsc2NC)CC1. The van der Waals surface area contributed by atoms with Crippen LogP contribution in [0.3, 0.4) is 0 Å². The molecule has 1 saturated heterocycles. The van der Waals surface area contributed by atoms with Crippen molar-refractivity contribution in [2.24, 2.45) is 5.92 Å². The zero-order valence-electron chi connectivity index (χ0n) is 10.1. The Morgan fingerprint density at radius 2 is 2.19 bits per heavy atom. The van der Waals surface area contributed by atoms with Crippen molar-refractivity contribution in [2.45, 2.75) is 32.7 Å². The largest absolute Gasteiger partial charge is 0.377 e. The first kappa shape index (κ1) is 11.8. The van der Waals surface area contributed by atoms with Gasteiger partial charge in [0.2, 0.25) is 0 Å². The lowest BCUT2D eigenvalue weighted by Gasteiger charge is -2.30. The van der Waals surface area contributed by atoms with Gasteiger partial charge in [-0.1, -0.05) is 17.8 Å². The van der Waals surface area contributed by atoms with Crippen molar-refractivity contribution in [2.75, 3.05) is 25.5 Å². The Morgan fingerprint density at radius 3 is 2.81 bits per heavy atom. The lowest BCUT2D eigenvalue weighted by Crippen LogP contribution is -2.33. The number of anilines is 1. The fourth-order valence-electron chi connectivity index (χ4n) is 2.27. The van der Waals surface area contributed by atoms with Crippen LogP contribution in [0.2, 0.25) is 0 Å². The van der Waals surface area contributed by atoms with E-state index in [1.807, 2.05) is 7.05 Å². The van der Waals surface area contributed by atoms with E-state index in [-0.39, 0.29) is 0 Å². The molecule has 90 valence electrons. The number of rotatable bonds is 4. The van der Waals surface area contributed by atoms with Gasteiger partial charge in [-0.05, 0) is 31.8 Å². The summed E-state index contributed by atoms with van der Waals surface area (Å²) in [4.78, 5) is 2.49. The summed E-state index contributed by atoms with van der Waals surface area (Å²) < 4.78 is 3.99. The molecular weight excluding hydrogens is 220 g/mol. The van der Waals surface area contributed by atoms with Crippen LogP contribution >= 0.6 is 11.5 Å². The topological polar surface area (TPSA) is 41.1 Å². The highest BCUT2D eigenvalue weighted by Crippen LogP contribution is 2.23. The van der Waals surface area contributed by atoms with E-state index in [0.29, 0.717) is 0 Å². The third kappa shape index (κ3) is 2.71. The molecule has 1 fully saturated rings. The molecule has 4 nitrogen and oxygen atoms in total. The van der Waals surface area contributed by atoms with Gasteiger partial charge in [0.15, 0.2) is 0 Å². The summed E-state index contributed by atoms with van der Waals surface area (Å²) in [5.74, 6) is 0.938. The van der Waals surface area contributed by atoms with Gasteiger partial charge in [-0.3, -0.25) is 4.90 Å². The summed E-state index contributed by atoms with van der Waals surface area (Å²) in [7, 11) is 1.93. The molecule has 0 amide bonds. The summed E-state index contributed by atoms with van der Waals surface area (Å²) in [6.07, 6.45) is 4.00.